The average molecular weight is 302 g/mol. The lowest BCUT2D eigenvalue weighted by atomic mass is 10.1. The number of benzene rings is 1. The Bertz CT molecular complexity index is 445. The Kier molecular flexibility index (Phi) is 2.54. The quantitative estimate of drug-likeness (QED) is 0.806. The molecule has 0 amide bonds. The topological polar surface area (TPSA) is 28.7 Å². The van der Waals surface area contributed by atoms with Gasteiger partial charge in [0.1, 0.15) is 5.82 Å². The second kappa shape index (κ2) is 3.68. The Morgan fingerprint density at radius 1 is 1.43 bits per heavy atom. The highest BCUT2D eigenvalue weighted by atomic mass is 127. The van der Waals surface area contributed by atoms with Gasteiger partial charge < -0.3 is 0 Å². The number of hydrogen-bond donors (Lipinski definition) is 1. The van der Waals surface area contributed by atoms with Crippen LogP contribution in [-0.4, -0.2) is 10.2 Å². The molecule has 0 aliphatic carbocycles. The number of rotatable bonds is 1. The fraction of sp³-hybridized carbons (Fsp3) is 0.100. The van der Waals surface area contributed by atoms with Crippen LogP contribution in [0.25, 0.3) is 11.3 Å². The van der Waals surface area contributed by atoms with Crippen molar-refractivity contribution in [2.45, 2.75) is 6.92 Å². The largest absolute Gasteiger partial charge is 0.282 e. The Morgan fingerprint density at radius 3 is 2.79 bits per heavy atom. The summed E-state index contributed by atoms with van der Waals surface area (Å²) in [6, 6.07) is 6.84. The van der Waals surface area contributed by atoms with Crippen molar-refractivity contribution in [3.8, 4) is 11.3 Å². The van der Waals surface area contributed by atoms with Crippen LogP contribution >= 0.6 is 22.6 Å². The molecule has 1 heterocycles. The Morgan fingerprint density at radius 2 is 2.21 bits per heavy atom. The SMILES string of the molecule is Cc1cc(-c2c(F)cccc2I)n[nH]1. The lowest BCUT2D eigenvalue weighted by molar-refractivity contribution is 0.630. The molecule has 0 saturated carbocycles. The minimum absolute atomic E-state index is 0.233. The van der Waals surface area contributed by atoms with Gasteiger partial charge in [-0.05, 0) is 47.7 Å². The molecule has 4 heteroatoms. The van der Waals surface area contributed by atoms with Crippen LogP contribution < -0.4 is 0 Å². The third-order valence-corrected chi connectivity index (χ3v) is 2.82. The minimum Gasteiger partial charge on any atom is -0.282 e. The van der Waals surface area contributed by atoms with Crippen LogP contribution in [0.15, 0.2) is 24.3 Å². The number of aryl methyl sites for hydroxylation is 1. The van der Waals surface area contributed by atoms with E-state index in [2.05, 4.69) is 32.8 Å². The summed E-state index contributed by atoms with van der Waals surface area (Å²) in [6.45, 7) is 1.89. The third-order valence-electron chi connectivity index (χ3n) is 1.92. The van der Waals surface area contributed by atoms with E-state index in [0.29, 0.717) is 11.3 Å². The zero-order valence-electron chi connectivity index (χ0n) is 7.51. The molecule has 72 valence electrons. The molecule has 14 heavy (non-hydrogen) atoms. The summed E-state index contributed by atoms with van der Waals surface area (Å²) in [5.41, 5.74) is 2.15. The van der Waals surface area contributed by atoms with Gasteiger partial charge in [0.05, 0.1) is 11.3 Å². The predicted molar refractivity (Wildman–Crippen MR) is 61.4 cm³/mol. The fourth-order valence-corrected chi connectivity index (χ4v) is 2.03. The molecule has 0 fully saturated rings. The number of aromatic nitrogens is 2. The predicted octanol–water partition coefficient (Wildman–Crippen LogP) is 3.13. The number of aromatic amines is 1. The van der Waals surface area contributed by atoms with E-state index in [1.54, 1.807) is 6.07 Å². The third kappa shape index (κ3) is 1.66. The average Bonchev–Trinajstić information content (AvgIpc) is 2.51. The van der Waals surface area contributed by atoms with Gasteiger partial charge in [-0.15, -0.1) is 0 Å². The molecular weight excluding hydrogens is 294 g/mol. The number of nitrogens with zero attached hydrogens (tertiary/aromatic N) is 1. The fourth-order valence-electron chi connectivity index (χ4n) is 1.29. The zero-order valence-corrected chi connectivity index (χ0v) is 9.67. The Labute approximate surface area is 94.7 Å². The van der Waals surface area contributed by atoms with Gasteiger partial charge in [0.15, 0.2) is 0 Å². The summed E-state index contributed by atoms with van der Waals surface area (Å²) in [7, 11) is 0. The van der Waals surface area contributed by atoms with Gasteiger partial charge in [0.25, 0.3) is 0 Å². The maximum Gasteiger partial charge on any atom is 0.133 e. The Hall–Kier alpha value is -0.910. The first-order valence-electron chi connectivity index (χ1n) is 4.15. The van der Waals surface area contributed by atoms with E-state index in [1.807, 2.05) is 19.1 Å². The standard InChI is InChI=1S/C10H8FIN2/c1-6-5-9(14-13-6)10-7(11)3-2-4-8(10)12/h2-5H,1H3,(H,13,14). The Balaban J connectivity index is 2.61. The summed E-state index contributed by atoms with van der Waals surface area (Å²) in [5, 5.41) is 6.84. The number of hydrogen-bond acceptors (Lipinski definition) is 1. The highest BCUT2D eigenvalue weighted by Crippen LogP contribution is 2.26. The van der Waals surface area contributed by atoms with Crippen LogP contribution in [0.4, 0.5) is 4.39 Å². The summed E-state index contributed by atoms with van der Waals surface area (Å²) >= 11 is 2.10. The van der Waals surface area contributed by atoms with Crippen LogP contribution in [0.1, 0.15) is 5.69 Å². The highest BCUT2D eigenvalue weighted by molar-refractivity contribution is 14.1. The van der Waals surface area contributed by atoms with Crippen molar-refractivity contribution in [1.29, 1.82) is 0 Å². The zero-order chi connectivity index (χ0) is 10.1. The lowest BCUT2D eigenvalue weighted by Gasteiger charge is -2.01. The second-order valence-electron chi connectivity index (χ2n) is 3.03. The van der Waals surface area contributed by atoms with Gasteiger partial charge in [-0.1, -0.05) is 6.07 Å². The van der Waals surface area contributed by atoms with Crippen molar-refractivity contribution in [2.24, 2.45) is 0 Å². The number of nitrogens with one attached hydrogen (secondary N) is 1. The van der Waals surface area contributed by atoms with E-state index >= 15 is 0 Å². The minimum atomic E-state index is -0.233. The molecule has 2 rings (SSSR count). The molecule has 0 radical (unpaired) electrons. The van der Waals surface area contributed by atoms with Gasteiger partial charge in [0, 0.05) is 9.26 Å². The second-order valence-corrected chi connectivity index (χ2v) is 4.20. The monoisotopic (exact) mass is 302 g/mol. The molecule has 0 unspecified atom stereocenters. The maximum atomic E-state index is 13.5. The van der Waals surface area contributed by atoms with Crippen molar-refractivity contribution in [2.75, 3.05) is 0 Å². The van der Waals surface area contributed by atoms with Gasteiger partial charge in [-0.2, -0.15) is 5.10 Å². The number of H-pyrrole nitrogens is 1. The summed E-state index contributed by atoms with van der Waals surface area (Å²) in [4.78, 5) is 0. The molecule has 0 aliphatic rings. The van der Waals surface area contributed by atoms with Crippen LogP contribution in [0.2, 0.25) is 0 Å². The number of halogens is 2. The van der Waals surface area contributed by atoms with Crippen LogP contribution in [0, 0.1) is 16.3 Å². The van der Waals surface area contributed by atoms with Gasteiger partial charge in [0.2, 0.25) is 0 Å². The van der Waals surface area contributed by atoms with Gasteiger partial charge >= 0.3 is 0 Å². The highest BCUT2D eigenvalue weighted by Gasteiger charge is 2.11. The van der Waals surface area contributed by atoms with E-state index in [4.69, 9.17) is 0 Å². The van der Waals surface area contributed by atoms with E-state index in [9.17, 15) is 4.39 Å². The first kappa shape index (κ1) is 9.64. The van der Waals surface area contributed by atoms with Crippen molar-refractivity contribution in [1.82, 2.24) is 10.2 Å². The molecule has 2 aromatic rings. The van der Waals surface area contributed by atoms with Crippen LogP contribution in [0.5, 0.6) is 0 Å². The summed E-state index contributed by atoms with van der Waals surface area (Å²) in [5.74, 6) is -0.233. The molecule has 1 aromatic heterocycles. The van der Waals surface area contributed by atoms with Crippen LogP contribution in [-0.2, 0) is 0 Å². The molecule has 0 bridgehead atoms. The van der Waals surface area contributed by atoms with Crippen molar-refractivity contribution >= 4 is 22.6 Å². The van der Waals surface area contributed by atoms with E-state index in [-0.39, 0.29) is 5.82 Å². The maximum absolute atomic E-state index is 13.5. The molecule has 0 aliphatic heterocycles. The van der Waals surface area contributed by atoms with Crippen molar-refractivity contribution in [3.63, 3.8) is 0 Å². The first-order valence-corrected chi connectivity index (χ1v) is 5.23. The molecule has 2 nitrogen and oxygen atoms in total. The van der Waals surface area contributed by atoms with Crippen molar-refractivity contribution in [3.05, 3.63) is 39.3 Å². The molecule has 1 aromatic carbocycles. The molecule has 1 N–H and O–H groups in total. The van der Waals surface area contributed by atoms with E-state index in [1.165, 1.54) is 6.07 Å². The van der Waals surface area contributed by atoms with Gasteiger partial charge in [-0.3, -0.25) is 5.10 Å². The first-order chi connectivity index (χ1) is 6.68. The van der Waals surface area contributed by atoms with E-state index < -0.39 is 0 Å². The van der Waals surface area contributed by atoms with E-state index in [0.717, 1.165) is 9.26 Å². The molecule has 0 spiro atoms. The summed E-state index contributed by atoms with van der Waals surface area (Å²) < 4.78 is 14.4. The van der Waals surface area contributed by atoms with Crippen molar-refractivity contribution < 1.29 is 4.39 Å². The lowest BCUT2D eigenvalue weighted by Crippen LogP contribution is -1.88. The van der Waals surface area contributed by atoms with Crippen LogP contribution in [0.3, 0.4) is 0 Å². The molecule has 0 atom stereocenters. The molecule has 0 saturated heterocycles. The van der Waals surface area contributed by atoms with Gasteiger partial charge in [-0.25, -0.2) is 4.39 Å². The molecular formula is C10H8FIN2. The summed E-state index contributed by atoms with van der Waals surface area (Å²) in [6.07, 6.45) is 0. The smallest absolute Gasteiger partial charge is 0.133 e. The normalized spacial score (nSPS) is 10.5.